The molecule has 95 valence electrons. The molecule has 0 aliphatic rings. The molecule has 0 saturated carbocycles. The Kier molecular flexibility index (Phi) is 89.3. The number of hydrogen-bond acceptors (Lipinski definition) is 6. The van der Waals surface area contributed by atoms with E-state index in [0.29, 0.717) is 0 Å². The van der Waals surface area contributed by atoms with Crippen LogP contribution in [0, 0.1) is 11.5 Å². The van der Waals surface area contributed by atoms with E-state index in [1.165, 1.54) is 12.3 Å². The Bertz CT molecular complexity index is 192. The van der Waals surface area contributed by atoms with Gasteiger partial charge >= 0.3 is 0 Å². The zero-order valence-corrected chi connectivity index (χ0v) is 16.8. The van der Waals surface area contributed by atoms with Gasteiger partial charge in [-0.3, -0.25) is 0 Å². The van der Waals surface area contributed by atoms with Crippen molar-refractivity contribution in [2.75, 3.05) is 18.5 Å². The number of carbonyl (C=O) groups excluding carboxylic acids is 1. The number of rotatable bonds is 2. The van der Waals surface area contributed by atoms with Crippen LogP contribution in [0.5, 0.6) is 0 Å². The van der Waals surface area contributed by atoms with Crippen LogP contribution in [0.3, 0.4) is 0 Å². The van der Waals surface area contributed by atoms with Crippen LogP contribution in [0.4, 0.5) is 0 Å². The monoisotopic (exact) mass is 626 g/mol. The van der Waals surface area contributed by atoms with Gasteiger partial charge in [0, 0.05) is 22.4 Å². The number of aliphatic imine (C=N–C) groups is 1. The smallest absolute Gasteiger partial charge is 0.288 e. The standard InChI is InChI=1S/C3H2N2O2.CH3I.CH4O2.HI2P.V/c4-1-7-3-5-2-6;1-2;2-1-3;1-3-2;/h3H2;1H3;2-3H,1H2;3H;/i;;;3D;. The Balaban J connectivity index is -0.0000000416. The number of halogens is 3. The Morgan fingerprint density at radius 1 is 1.56 bits per heavy atom. The molecule has 6 nitrogen and oxygen atoms in total. The molecule has 0 aromatic heterocycles. The minimum atomic E-state index is -0.750. The van der Waals surface area contributed by atoms with Crippen molar-refractivity contribution in [1.29, 1.82) is 6.54 Å². The molecule has 0 unspecified atom stereocenters. The predicted octanol–water partition coefficient (Wildman–Crippen LogP) is 2.12. The molecule has 0 aliphatic heterocycles. The van der Waals surface area contributed by atoms with E-state index in [0.717, 1.165) is 0 Å². The molecule has 0 aliphatic carbocycles. The molecule has 0 spiro atoms. The fourth-order valence-corrected chi connectivity index (χ4v) is 0.0875. The second-order valence-electron chi connectivity index (χ2n) is 0.819. The molecular weight excluding hydrogens is 615 g/mol. The van der Waals surface area contributed by atoms with Crippen molar-refractivity contribution in [3.05, 3.63) is 0 Å². The number of alkyl halides is 1. The largest absolute Gasteiger partial charge is 0.403 e. The van der Waals surface area contributed by atoms with Gasteiger partial charge in [0.25, 0.3) is 6.26 Å². The van der Waals surface area contributed by atoms with Gasteiger partial charge in [-0.15, -0.1) is 0 Å². The summed E-state index contributed by atoms with van der Waals surface area (Å²) in [5.74, 6) is 0. The molecule has 2 N–H and O–H groups in total. The summed E-state index contributed by atoms with van der Waals surface area (Å²) in [5, 5.41) is 21.9. The maximum absolute atomic E-state index is 9.20. The maximum atomic E-state index is 9.20. The molecule has 0 amide bonds. The first-order chi connectivity index (χ1) is 7.56. The Morgan fingerprint density at radius 3 is 2.06 bits per heavy atom. The Morgan fingerprint density at radius 2 is 1.88 bits per heavy atom. The van der Waals surface area contributed by atoms with E-state index >= 15 is 0 Å². The third-order valence-corrected chi connectivity index (χ3v) is 0.258. The molecule has 0 rings (SSSR count). The first-order valence-electron chi connectivity index (χ1n) is 3.26. The van der Waals surface area contributed by atoms with Crippen LogP contribution in [0.15, 0.2) is 4.99 Å². The summed E-state index contributed by atoms with van der Waals surface area (Å²) in [6, 6.07) is 0. The van der Waals surface area contributed by atoms with Crippen molar-refractivity contribution in [3.8, 4) is 6.26 Å². The average molecular weight is 626 g/mol. The second kappa shape index (κ2) is 54.2. The van der Waals surface area contributed by atoms with Crippen molar-refractivity contribution >= 4 is 76.6 Å². The number of ether oxygens (including phenoxy) is 1. The summed E-state index contributed by atoms with van der Waals surface area (Å²) >= 11 is 6.27. The summed E-state index contributed by atoms with van der Waals surface area (Å²) in [4.78, 5) is 14.1. The van der Waals surface area contributed by atoms with Crippen molar-refractivity contribution in [3.63, 3.8) is 0 Å². The van der Waals surface area contributed by atoms with Gasteiger partial charge in [-0.1, -0.05) is 22.6 Å². The van der Waals surface area contributed by atoms with E-state index in [1.807, 2.05) is 4.93 Å². The molecule has 1 radical (unpaired) electrons. The van der Waals surface area contributed by atoms with Crippen LogP contribution in [0.25, 0.3) is 0 Å². The maximum Gasteiger partial charge on any atom is 0.288 e. The molecule has 0 bridgehead atoms. The predicted molar refractivity (Wildman–Crippen MR) is 85.3 cm³/mol. The minimum absolute atomic E-state index is 0. The summed E-state index contributed by atoms with van der Waals surface area (Å²) in [6.45, 7) is -0.972. The molecule has 0 aromatic rings. The number of nitrogens with zero attached hydrogens (tertiary/aromatic N) is 2. The molecule has 0 saturated heterocycles. The first-order valence-corrected chi connectivity index (χ1v) is 11.4. The molecule has 0 atom stereocenters. The molecule has 11 heteroatoms. The van der Waals surface area contributed by atoms with Gasteiger partial charge in [0.05, 0.1) is 1.28 Å². The van der Waals surface area contributed by atoms with Gasteiger partial charge in [0.15, 0.2) is 0 Å². The van der Waals surface area contributed by atoms with Crippen LogP contribution in [0.2, 0.25) is 0 Å². The van der Waals surface area contributed by atoms with Crippen LogP contribution in [0.1, 0.15) is 0 Å². The van der Waals surface area contributed by atoms with Gasteiger partial charge < -0.3 is 14.9 Å². The SMILES string of the molecule is CI.N#COCN=C=O.OCO.[2H]P(I)I.[V]. The fraction of sp³-hybridized carbons (Fsp3) is 0.600. The van der Waals surface area contributed by atoms with E-state index in [4.69, 9.17) is 16.8 Å². The average Bonchev–Trinajstić information content (AvgIpc) is 2.22. The number of nitriles is 1. The molecule has 0 aromatic carbocycles. The number of isocyanates is 1. The van der Waals surface area contributed by atoms with Gasteiger partial charge in [0.2, 0.25) is 12.8 Å². The molecular formula is C5H10I3N2O4PV. The normalized spacial score (nSPS) is 6.25. The Labute approximate surface area is 149 Å². The van der Waals surface area contributed by atoms with E-state index in [2.05, 4.69) is 76.4 Å². The summed E-state index contributed by atoms with van der Waals surface area (Å²) in [6.07, 6.45) is 2.53. The third-order valence-electron chi connectivity index (χ3n) is 0.258. The first kappa shape index (κ1) is 26.4. The van der Waals surface area contributed by atoms with Crippen LogP contribution in [-0.2, 0) is 28.1 Å². The van der Waals surface area contributed by atoms with E-state index in [-0.39, 0.29) is 25.3 Å². The Hall–Kier alpha value is 1.79. The zero-order chi connectivity index (χ0) is 13.8. The minimum Gasteiger partial charge on any atom is -0.403 e. The number of aliphatic hydroxyl groups is 2. The van der Waals surface area contributed by atoms with Gasteiger partial charge in [0.1, 0.15) is 6.79 Å². The van der Waals surface area contributed by atoms with Crippen molar-refractivity contribution in [2.45, 2.75) is 0 Å². The summed E-state index contributed by atoms with van der Waals surface area (Å²) in [7, 11) is 0. The van der Waals surface area contributed by atoms with Gasteiger partial charge in [-0.2, -0.15) is 10.3 Å². The molecule has 0 fully saturated rings. The van der Waals surface area contributed by atoms with Crippen LogP contribution in [-0.4, -0.2) is 36.0 Å². The molecule has 16 heavy (non-hydrogen) atoms. The van der Waals surface area contributed by atoms with E-state index in [1.54, 1.807) is 0 Å². The van der Waals surface area contributed by atoms with Gasteiger partial charge in [-0.25, -0.2) is 4.79 Å². The topological polar surface area (TPSA) is 103 Å². The number of aliphatic hydroxyl groups excluding tert-OH is 1. The zero-order valence-electron chi connectivity index (χ0n) is 9.05. The van der Waals surface area contributed by atoms with E-state index < -0.39 is 10.6 Å². The van der Waals surface area contributed by atoms with Crippen molar-refractivity contribution < 1.29 is 38.3 Å². The second-order valence-corrected chi connectivity index (χ2v) is 9.38. The third kappa shape index (κ3) is 103. The van der Waals surface area contributed by atoms with Crippen LogP contribution >= 0.6 is 70.5 Å². The van der Waals surface area contributed by atoms with Gasteiger partial charge in [-0.05, 0) is 49.0 Å². The summed E-state index contributed by atoms with van der Waals surface area (Å²) < 4.78 is 10.1. The quantitative estimate of drug-likeness (QED) is 0.0716. The number of hydrogen-bond donors (Lipinski definition) is 2. The van der Waals surface area contributed by atoms with E-state index in [9.17, 15) is 4.79 Å². The van der Waals surface area contributed by atoms with Crippen LogP contribution < -0.4 is 0 Å². The molecule has 0 heterocycles. The fourth-order valence-electron chi connectivity index (χ4n) is 0.0875. The summed E-state index contributed by atoms with van der Waals surface area (Å²) in [5.41, 5.74) is 0. The van der Waals surface area contributed by atoms with Crippen molar-refractivity contribution in [2.24, 2.45) is 4.99 Å². The van der Waals surface area contributed by atoms with Crippen molar-refractivity contribution in [1.82, 2.24) is 0 Å².